The molecule has 0 radical (unpaired) electrons. The number of nitriles is 1. The molecular formula is C26H17ClFNO. The predicted octanol–water partition coefficient (Wildman–Crippen LogP) is 7.28. The maximum atomic E-state index is 14.0. The molecule has 0 saturated carbocycles. The van der Waals surface area contributed by atoms with Gasteiger partial charge in [0.15, 0.2) is 0 Å². The van der Waals surface area contributed by atoms with Crippen LogP contribution in [0.3, 0.4) is 0 Å². The van der Waals surface area contributed by atoms with Crippen molar-refractivity contribution in [2.24, 2.45) is 0 Å². The first-order valence-electron chi connectivity index (χ1n) is 9.41. The number of ether oxygens (including phenoxy) is 1. The molecule has 0 aliphatic rings. The van der Waals surface area contributed by atoms with Gasteiger partial charge in [0.2, 0.25) is 0 Å². The van der Waals surface area contributed by atoms with Crippen LogP contribution in [0.4, 0.5) is 4.39 Å². The molecule has 0 amide bonds. The Balaban J connectivity index is 1.63. The third kappa shape index (κ3) is 4.20. The van der Waals surface area contributed by atoms with Gasteiger partial charge in [0.25, 0.3) is 0 Å². The van der Waals surface area contributed by atoms with E-state index >= 15 is 0 Å². The van der Waals surface area contributed by atoms with Crippen molar-refractivity contribution < 1.29 is 9.13 Å². The molecular weight excluding hydrogens is 397 g/mol. The fourth-order valence-electron chi connectivity index (χ4n) is 3.32. The normalized spacial score (nSPS) is 11.3. The SMILES string of the molecule is N#C/C(=C/c1cccc(OCc2c(F)cccc2Cl)c1)c1cccc2ccccc12. The minimum absolute atomic E-state index is 0.0209. The molecule has 0 bridgehead atoms. The van der Waals surface area contributed by atoms with Crippen LogP contribution >= 0.6 is 11.6 Å². The molecule has 0 heterocycles. The van der Waals surface area contributed by atoms with Gasteiger partial charge in [-0.15, -0.1) is 0 Å². The maximum Gasteiger partial charge on any atom is 0.131 e. The average molecular weight is 414 g/mol. The number of nitrogens with zero attached hydrogens (tertiary/aromatic N) is 1. The zero-order chi connectivity index (χ0) is 20.9. The average Bonchev–Trinajstić information content (AvgIpc) is 2.77. The molecule has 0 fully saturated rings. The molecule has 0 saturated heterocycles. The van der Waals surface area contributed by atoms with Crippen LogP contribution in [-0.4, -0.2) is 0 Å². The summed E-state index contributed by atoms with van der Waals surface area (Å²) in [6.45, 7) is 0.0209. The van der Waals surface area contributed by atoms with Crippen LogP contribution in [-0.2, 0) is 6.61 Å². The van der Waals surface area contributed by atoms with Gasteiger partial charge in [-0.1, -0.05) is 72.3 Å². The van der Waals surface area contributed by atoms with Crippen molar-refractivity contribution in [3.63, 3.8) is 0 Å². The first-order valence-corrected chi connectivity index (χ1v) is 9.79. The smallest absolute Gasteiger partial charge is 0.131 e. The third-order valence-electron chi connectivity index (χ3n) is 4.81. The van der Waals surface area contributed by atoms with E-state index in [-0.39, 0.29) is 6.61 Å². The molecule has 30 heavy (non-hydrogen) atoms. The lowest BCUT2D eigenvalue weighted by molar-refractivity contribution is 0.300. The van der Waals surface area contributed by atoms with Crippen molar-refractivity contribution in [3.05, 3.63) is 112 Å². The topological polar surface area (TPSA) is 33.0 Å². The van der Waals surface area contributed by atoms with E-state index in [1.165, 1.54) is 6.07 Å². The van der Waals surface area contributed by atoms with E-state index in [1.807, 2.05) is 66.7 Å². The Bertz CT molecular complexity index is 1260. The first kappa shape index (κ1) is 19.7. The molecule has 4 heteroatoms. The van der Waals surface area contributed by atoms with Crippen molar-refractivity contribution in [1.29, 1.82) is 5.26 Å². The highest BCUT2D eigenvalue weighted by molar-refractivity contribution is 6.31. The van der Waals surface area contributed by atoms with Gasteiger partial charge in [0, 0.05) is 11.1 Å². The summed E-state index contributed by atoms with van der Waals surface area (Å²) in [5.74, 6) is 0.166. The zero-order valence-corrected chi connectivity index (χ0v) is 16.7. The van der Waals surface area contributed by atoms with Crippen molar-refractivity contribution in [3.8, 4) is 11.8 Å². The Labute approximate surface area is 179 Å². The number of fused-ring (bicyclic) bond motifs is 1. The molecule has 0 aliphatic carbocycles. The van der Waals surface area contributed by atoms with E-state index in [1.54, 1.807) is 18.2 Å². The molecule has 4 aromatic rings. The minimum Gasteiger partial charge on any atom is -0.489 e. The summed E-state index contributed by atoms with van der Waals surface area (Å²) < 4.78 is 19.7. The van der Waals surface area contributed by atoms with Gasteiger partial charge in [-0.3, -0.25) is 0 Å². The van der Waals surface area contributed by atoms with Crippen LogP contribution < -0.4 is 4.74 Å². The van der Waals surface area contributed by atoms with Crippen LogP contribution in [0.15, 0.2) is 84.9 Å². The molecule has 0 aliphatic heterocycles. The Kier molecular flexibility index (Phi) is 5.79. The van der Waals surface area contributed by atoms with Gasteiger partial charge >= 0.3 is 0 Å². The quantitative estimate of drug-likeness (QED) is 0.254. The molecule has 0 N–H and O–H groups in total. The Morgan fingerprint density at radius 1 is 0.967 bits per heavy atom. The molecule has 0 aromatic heterocycles. The predicted molar refractivity (Wildman–Crippen MR) is 120 cm³/mol. The lowest BCUT2D eigenvalue weighted by atomic mass is 9.97. The monoisotopic (exact) mass is 413 g/mol. The van der Waals surface area contributed by atoms with Crippen molar-refractivity contribution in [2.75, 3.05) is 0 Å². The van der Waals surface area contributed by atoms with E-state index in [0.29, 0.717) is 21.9 Å². The number of hydrogen-bond donors (Lipinski definition) is 0. The highest BCUT2D eigenvalue weighted by atomic mass is 35.5. The highest BCUT2D eigenvalue weighted by Gasteiger charge is 2.09. The summed E-state index contributed by atoms with van der Waals surface area (Å²) in [4.78, 5) is 0. The van der Waals surface area contributed by atoms with Gasteiger partial charge in [-0.25, -0.2) is 4.39 Å². The second-order valence-corrected chi connectivity index (χ2v) is 7.17. The van der Waals surface area contributed by atoms with Gasteiger partial charge < -0.3 is 4.74 Å². The van der Waals surface area contributed by atoms with E-state index < -0.39 is 5.82 Å². The van der Waals surface area contributed by atoms with Gasteiger partial charge in [-0.05, 0) is 46.7 Å². The largest absolute Gasteiger partial charge is 0.489 e. The van der Waals surface area contributed by atoms with Crippen LogP contribution in [0, 0.1) is 17.1 Å². The third-order valence-corrected chi connectivity index (χ3v) is 5.17. The molecule has 4 rings (SSSR count). The van der Waals surface area contributed by atoms with Crippen LogP contribution in [0.2, 0.25) is 5.02 Å². The molecule has 146 valence electrons. The Hall–Kier alpha value is -3.61. The summed E-state index contributed by atoms with van der Waals surface area (Å²) in [5, 5.41) is 12.2. The molecule has 0 atom stereocenters. The summed E-state index contributed by atoms with van der Waals surface area (Å²) in [7, 11) is 0. The van der Waals surface area contributed by atoms with Crippen LogP contribution in [0.5, 0.6) is 5.75 Å². The van der Waals surface area contributed by atoms with Crippen molar-refractivity contribution in [1.82, 2.24) is 0 Å². The lowest BCUT2D eigenvalue weighted by Crippen LogP contribution is -1.99. The number of benzene rings is 4. The molecule has 0 spiro atoms. The van der Waals surface area contributed by atoms with Crippen LogP contribution in [0.25, 0.3) is 22.4 Å². The summed E-state index contributed by atoms with van der Waals surface area (Å²) in [6, 6.07) is 28.1. The second-order valence-electron chi connectivity index (χ2n) is 6.76. The zero-order valence-electron chi connectivity index (χ0n) is 16.0. The number of halogens is 2. The fourth-order valence-corrected chi connectivity index (χ4v) is 3.53. The van der Waals surface area contributed by atoms with Gasteiger partial charge in [-0.2, -0.15) is 5.26 Å². The number of rotatable bonds is 5. The number of hydrogen-bond acceptors (Lipinski definition) is 2. The van der Waals surface area contributed by atoms with E-state index in [0.717, 1.165) is 21.9 Å². The van der Waals surface area contributed by atoms with Crippen molar-refractivity contribution >= 4 is 34.0 Å². The molecule has 0 unspecified atom stereocenters. The van der Waals surface area contributed by atoms with Gasteiger partial charge in [0.1, 0.15) is 18.2 Å². The second kappa shape index (κ2) is 8.82. The first-order chi connectivity index (χ1) is 14.7. The Morgan fingerprint density at radius 2 is 1.73 bits per heavy atom. The molecule has 2 nitrogen and oxygen atoms in total. The summed E-state index contributed by atoms with van der Waals surface area (Å²) >= 11 is 6.06. The Morgan fingerprint density at radius 3 is 2.57 bits per heavy atom. The lowest BCUT2D eigenvalue weighted by Gasteiger charge is -2.10. The molecule has 4 aromatic carbocycles. The fraction of sp³-hybridized carbons (Fsp3) is 0.0385. The van der Waals surface area contributed by atoms with Gasteiger partial charge in [0.05, 0.1) is 16.7 Å². The maximum absolute atomic E-state index is 14.0. The van der Waals surface area contributed by atoms with E-state index in [9.17, 15) is 9.65 Å². The van der Waals surface area contributed by atoms with E-state index in [4.69, 9.17) is 16.3 Å². The van der Waals surface area contributed by atoms with Crippen molar-refractivity contribution in [2.45, 2.75) is 6.61 Å². The standard InChI is InChI=1S/C26H17ClFNO/c27-25-12-5-13-26(28)24(25)17-30-21-9-3-6-18(15-21)14-20(16-29)23-11-4-8-19-7-1-2-10-22(19)23/h1-15H,17H2/b20-14-. The highest BCUT2D eigenvalue weighted by Crippen LogP contribution is 2.28. The number of allylic oxidation sites excluding steroid dienone is 1. The minimum atomic E-state index is -0.402. The summed E-state index contributed by atoms with van der Waals surface area (Å²) in [5.41, 5.74) is 2.56. The van der Waals surface area contributed by atoms with E-state index in [2.05, 4.69) is 6.07 Å². The van der Waals surface area contributed by atoms with Crippen LogP contribution in [0.1, 0.15) is 16.7 Å². The summed E-state index contributed by atoms with van der Waals surface area (Å²) in [6.07, 6.45) is 1.82.